The van der Waals surface area contributed by atoms with Gasteiger partial charge in [0, 0.05) is 16.6 Å². The molecular formula is C31H34N4O2. The van der Waals surface area contributed by atoms with Gasteiger partial charge in [-0.2, -0.15) is 5.11 Å². The predicted octanol–water partition coefficient (Wildman–Crippen LogP) is 8.19. The molecule has 4 N–H and O–H groups in total. The molecule has 0 aliphatic carbocycles. The van der Waals surface area contributed by atoms with Crippen LogP contribution < -0.4 is 11.1 Å². The number of nitrogens with zero attached hydrogens (tertiary/aromatic N) is 2. The number of aryl methyl sites for hydroxylation is 2. The van der Waals surface area contributed by atoms with Gasteiger partial charge < -0.3 is 16.2 Å². The Morgan fingerprint density at radius 1 is 0.973 bits per heavy atom. The van der Waals surface area contributed by atoms with Crippen molar-refractivity contribution in [3.63, 3.8) is 0 Å². The molecule has 37 heavy (non-hydrogen) atoms. The third kappa shape index (κ3) is 5.54. The number of anilines is 1. The highest BCUT2D eigenvalue weighted by atomic mass is 16.3. The van der Waals surface area contributed by atoms with Crippen LogP contribution in [0.15, 0.2) is 83.0 Å². The quantitative estimate of drug-likeness (QED) is 0.215. The van der Waals surface area contributed by atoms with Gasteiger partial charge in [0.15, 0.2) is 5.75 Å². The summed E-state index contributed by atoms with van der Waals surface area (Å²) in [6.45, 7) is 8.17. The van der Waals surface area contributed by atoms with Crippen LogP contribution in [-0.2, 0) is 5.54 Å². The number of carbonyl (C=O) groups is 1. The lowest BCUT2D eigenvalue weighted by atomic mass is 9.84. The maximum Gasteiger partial charge on any atom is 0.259 e. The van der Waals surface area contributed by atoms with Crippen LogP contribution >= 0.6 is 0 Å². The molecule has 190 valence electrons. The number of azo groups is 1. The maximum absolute atomic E-state index is 13.2. The van der Waals surface area contributed by atoms with Gasteiger partial charge in [0.25, 0.3) is 5.91 Å². The second-order valence-electron chi connectivity index (χ2n) is 9.62. The second kappa shape index (κ2) is 10.9. The zero-order chi connectivity index (χ0) is 26.6. The van der Waals surface area contributed by atoms with Gasteiger partial charge in [-0.25, -0.2) is 0 Å². The van der Waals surface area contributed by atoms with Crippen molar-refractivity contribution in [1.29, 1.82) is 0 Å². The van der Waals surface area contributed by atoms with E-state index < -0.39 is 5.91 Å². The van der Waals surface area contributed by atoms with Gasteiger partial charge >= 0.3 is 0 Å². The van der Waals surface area contributed by atoms with Gasteiger partial charge in [-0.15, -0.1) is 5.11 Å². The minimum absolute atomic E-state index is 0.137. The summed E-state index contributed by atoms with van der Waals surface area (Å²) >= 11 is 0. The van der Waals surface area contributed by atoms with Crippen molar-refractivity contribution in [2.24, 2.45) is 16.0 Å². The lowest BCUT2D eigenvalue weighted by molar-refractivity contribution is 0.102. The van der Waals surface area contributed by atoms with Crippen molar-refractivity contribution in [2.45, 2.75) is 52.5 Å². The number of nitrogens with one attached hydrogen (secondary N) is 1. The molecule has 4 aromatic rings. The largest absolute Gasteiger partial charge is 0.505 e. The average molecular weight is 495 g/mol. The number of phenolic OH excluding ortho intramolecular Hbond substituents is 1. The zero-order valence-corrected chi connectivity index (χ0v) is 21.9. The molecule has 0 heterocycles. The smallest absolute Gasteiger partial charge is 0.259 e. The third-order valence-corrected chi connectivity index (χ3v) is 6.90. The predicted molar refractivity (Wildman–Crippen MR) is 151 cm³/mol. The fourth-order valence-electron chi connectivity index (χ4n) is 4.67. The van der Waals surface area contributed by atoms with E-state index in [1.54, 1.807) is 6.07 Å². The Labute approximate surface area is 218 Å². The van der Waals surface area contributed by atoms with Gasteiger partial charge in [0.05, 0.1) is 11.3 Å². The highest BCUT2D eigenvalue weighted by Gasteiger charge is 2.24. The monoisotopic (exact) mass is 494 g/mol. The van der Waals surface area contributed by atoms with E-state index in [1.165, 1.54) is 0 Å². The molecule has 0 fully saturated rings. The summed E-state index contributed by atoms with van der Waals surface area (Å²) in [7, 11) is 0. The number of rotatable bonds is 8. The number of nitrogens with two attached hydrogens (primary N) is 1. The fraction of sp³-hybridized carbons (Fsp3) is 0.258. The lowest BCUT2D eigenvalue weighted by Gasteiger charge is -2.28. The number of amides is 1. The highest BCUT2D eigenvalue weighted by Crippen LogP contribution is 2.40. The Bertz CT molecular complexity index is 1460. The minimum Gasteiger partial charge on any atom is -0.505 e. The van der Waals surface area contributed by atoms with E-state index in [0.717, 1.165) is 41.3 Å². The van der Waals surface area contributed by atoms with E-state index in [1.807, 2.05) is 80.6 Å². The Kier molecular flexibility index (Phi) is 7.69. The number of hydrogen-bond acceptors (Lipinski definition) is 5. The van der Waals surface area contributed by atoms with E-state index >= 15 is 0 Å². The molecule has 0 bridgehead atoms. The van der Waals surface area contributed by atoms with Crippen LogP contribution in [-0.4, -0.2) is 11.0 Å². The molecule has 6 heteroatoms. The number of benzene rings is 4. The number of hydrogen-bond donors (Lipinski definition) is 3. The Balaban J connectivity index is 1.69. The number of aromatic hydroxyl groups is 1. The van der Waals surface area contributed by atoms with E-state index in [-0.39, 0.29) is 22.5 Å². The molecule has 1 atom stereocenters. The topological polar surface area (TPSA) is 100 Å². The molecule has 0 aliphatic rings. The number of fused-ring (bicyclic) bond motifs is 1. The molecule has 1 amide bonds. The van der Waals surface area contributed by atoms with Crippen molar-refractivity contribution in [1.82, 2.24) is 0 Å². The number of carbonyl (C=O) groups excluding carboxylic acids is 1. The standard InChI is InChI=1S/C31H34N4O2/c1-5-17-31(32,6-2)23-12-14-24(15-13-23)34-35-28-25-10-8-7-9-22(25)19-26(29(28)36)30(37)33-27-16-11-20(3)18-21(27)4/h7-16,18-19,36H,5-6,17,32H2,1-4H3,(H,33,37). The Hall–Kier alpha value is -4.03. The summed E-state index contributed by atoms with van der Waals surface area (Å²) in [6.07, 6.45) is 2.76. The molecule has 0 saturated carbocycles. The zero-order valence-electron chi connectivity index (χ0n) is 21.9. The Morgan fingerprint density at radius 3 is 2.38 bits per heavy atom. The van der Waals surface area contributed by atoms with Crippen molar-refractivity contribution >= 4 is 33.7 Å². The molecule has 4 rings (SSSR count). The lowest BCUT2D eigenvalue weighted by Crippen LogP contribution is -2.35. The fourth-order valence-corrected chi connectivity index (χ4v) is 4.67. The van der Waals surface area contributed by atoms with Crippen molar-refractivity contribution < 1.29 is 9.90 Å². The van der Waals surface area contributed by atoms with E-state index in [0.29, 0.717) is 16.8 Å². The van der Waals surface area contributed by atoms with Crippen LogP contribution in [0, 0.1) is 13.8 Å². The van der Waals surface area contributed by atoms with Crippen LogP contribution in [0.3, 0.4) is 0 Å². The van der Waals surface area contributed by atoms with Crippen molar-refractivity contribution in [3.05, 3.63) is 95.1 Å². The van der Waals surface area contributed by atoms with Crippen LogP contribution in [0.5, 0.6) is 5.75 Å². The van der Waals surface area contributed by atoms with E-state index in [4.69, 9.17) is 5.73 Å². The van der Waals surface area contributed by atoms with Crippen LogP contribution in [0.2, 0.25) is 0 Å². The summed E-state index contributed by atoms with van der Waals surface area (Å²) in [5.74, 6) is -0.623. The van der Waals surface area contributed by atoms with Gasteiger partial charge in [-0.3, -0.25) is 4.79 Å². The van der Waals surface area contributed by atoms with Crippen LogP contribution in [0.1, 0.15) is 60.2 Å². The van der Waals surface area contributed by atoms with E-state index in [9.17, 15) is 9.90 Å². The molecule has 0 aliphatic heterocycles. The summed E-state index contributed by atoms with van der Waals surface area (Å²) in [6, 6.07) is 22.7. The normalized spacial score (nSPS) is 13.1. The first-order valence-corrected chi connectivity index (χ1v) is 12.7. The molecule has 0 saturated heterocycles. The molecule has 0 radical (unpaired) electrons. The van der Waals surface area contributed by atoms with Gasteiger partial charge in [-0.05, 0) is 67.5 Å². The Morgan fingerprint density at radius 2 is 1.70 bits per heavy atom. The SMILES string of the molecule is CCCC(N)(CC)c1ccc(N=Nc2c(O)c(C(=O)Nc3ccc(C)cc3C)cc3ccccc23)cc1. The third-order valence-electron chi connectivity index (χ3n) is 6.90. The molecule has 1 unspecified atom stereocenters. The minimum atomic E-state index is -0.411. The van der Waals surface area contributed by atoms with Crippen LogP contribution in [0.25, 0.3) is 10.8 Å². The average Bonchev–Trinajstić information content (AvgIpc) is 2.89. The molecule has 4 aromatic carbocycles. The van der Waals surface area contributed by atoms with E-state index in [2.05, 4.69) is 29.4 Å². The molecule has 0 spiro atoms. The van der Waals surface area contributed by atoms with Gasteiger partial charge in [-0.1, -0.05) is 74.4 Å². The highest BCUT2D eigenvalue weighted by molar-refractivity contribution is 6.12. The first-order valence-electron chi connectivity index (χ1n) is 12.7. The maximum atomic E-state index is 13.2. The molecule has 6 nitrogen and oxygen atoms in total. The van der Waals surface area contributed by atoms with Crippen molar-refractivity contribution in [2.75, 3.05) is 5.32 Å². The molecular weight excluding hydrogens is 460 g/mol. The molecule has 0 aromatic heterocycles. The summed E-state index contributed by atoms with van der Waals surface area (Å²) < 4.78 is 0. The summed E-state index contributed by atoms with van der Waals surface area (Å²) in [5, 5.41) is 24.3. The first-order chi connectivity index (χ1) is 17.8. The van der Waals surface area contributed by atoms with Gasteiger partial charge in [0.2, 0.25) is 0 Å². The van der Waals surface area contributed by atoms with Crippen molar-refractivity contribution in [3.8, 4) is 5.75 Å². The first kappa shape index (κ1) is 26.0. The van der Waals surface area contributed by atoms with Crippen LogP contribution in [0.4, 0.5) is 17.1 Å². The second-order valence-corrected chi connectivity index (χ2v) is 9.62. The van der Waals surface area contributed by atoms with Gasteiger partial charge in [0.1, 0.15) is 5.69 Å². The number of phenols is 1. The summed E-state index contributed by atoms with van der Waals surface area (Å²) in [5.41, 5.74) is 11.1. The summed E-state index contributed by atoms with van der Waals surface area (Å²) in [4.78, 5) is 13.2.